The highest BCUT2D eigenvalue weighted by atomic mass is 16.4. The number of aromatic nitrogens is 2. The van der Waals surface area contributed by atoms with E-state index in [4.69, 9.17) is 4.42 Å². The smallest absolute Gasteiger partial charge is 0.321 e. The summed E-state index contributed by atoms with van der Waals surface area (Å²) in [6.07, 6.45) is 5.00. The average Bonchev–Trinajstić information content (AvgIpc) is 3.49. The molecule has 9 heteroatoms. The summed E-state index contributed by atoms with van der Waals surface area (Å²) in [5, 5.41) is 13.6. The Kier molecular flexibility index (Phi) is 6.81. The van der Waals surface area contributed by atoms with Crippen LogP contribution < -0.4 is 10.6 Å². The molecule has 2 aromatic rings. The third kappa shape index (κ3) is 5.22. The van der Waals surface area contributed by atoms with Gasteiger partial charge in [0.15, 0.2) is 0 Å². The first-order valence-corrected chi connectivity index (χ1v) is 11.1. The van der Waals surface area contributed by atoms with Crippen molar-refractivity contribution in [3.8, 4) is 11.5 Å². The van der Waals surface area contributed by atoms with Gasteiger partial charge in [0, 0.05) is 42.8 Å². The van der Waals surface area contributed by atoms with Crippen LogP contribution in [0.2, 0.25) is 0 Å². The number of nitrogens with one attached hydrogen (secondary N) is 2. The molecule has 0 saturated carbocycles. The summed E-state index contributed by atoms with van der Waals surface area (Å²) in [4.78, 5) is 29.5. The number of hydrogen-bond donors (Lipinski definition) is 2. The molecular formula is C22H30N6O3. The van der Waals surface area contributed by atoms with Crippen LogP contribution in [0.3, 0.4) is 0 Å². The molecule has 3 amide bonds. The van der Waals surface area contributed by atoms with Gasteiger partial charge in [-0.15, -0.1) is 10.2 Å². The Labute approximate surface area is 182 Å². The molecule has 0 radical (unpaired) electrons. The van der Waals surface area contributed by atoms with Gasteiger partial charge in [0.1, 0.15) is 0 Å². The molecule has 1 unspecified atom stereocenters. The van der Waals surface area contributed by atoms with E-state index >= 15 is 0 Å². The van der Waals surface area contributed by atoms with Gasteiger partial charge in [0.2, 0.25) is 18.2 Å². The molecule has 2 aliphatic rings. The monoisotopic (exact) mass is 426 g/mol. The lowest BCUT2D eigenvalue weighted by Gasteiger charge is -2.32. The van der Waals surface area contributed by atoms with Gasteiger partial charge in [0.25, 0.3) is 0 Å². The van der Waals surface area contributed by atoms with E-state index < -0.39 is 0 Å². The Bertz CT molecular complexity index is 879. The summed E-state index contributed by atoms with van der Waals surface area (Å²) >= 11 is 0. The van der Waals surface area contributed by atoms with Crippen LogP contribution in [0.1, 0.15) is 32.6 Å². The number of piperidine rings is 1. The third-order valence-corrected chi connectivity index (χ3v) is 6.29. The van der Waals surface area contributed by atoms with E-state index in [1.165, 1.54) is 12.8 Å². The van der Waals surface area contributed by atoms with Gasteiger partial charge in [0.05, 0.1) is 0 Å². The van der Waals surface area contributed by atoms with Crippen molar-refractivity contribution in [3.63, 3.8) is 0 Å². The summed E-state index contributed by atoms with van der Waals surface area (Å²) in [6.45, 7) is 6.19. The van der Waals surface area contributed by atoms with Crippen molar-refractivity contribution in [1.82, 2.24) is 25.3 Å². The van der Waals surface area contributed by atoms with Crippen molar-refractivity contribution in [1.29, 1.82) is 0 Å². The quantitative estimate of drug-likeness (QED) is 0.736. The molecule has 9 nitrogen and oxygen atoms in total. The molecule has 3 heterocycles. The second kappa shape index (κ2) is 9.91. The number of likely N-dealkylation sites (tertiary alicyclic amines) is 2. The van der Waals surface area contributed by atoms with E-state index in [9.17, 15) is 9.59 Å². The highest BCUT2D eigenvalue weighted by molar-refractivity contribution is 5.90. The molecule has 2 aliphatic heterocycles. The molecule has 1 aromatic heterocycles. The number of likely N-dealkylation sites (N-methyl/N-ethyl adjacent to an activating group) is 1. The largest absolute Gasteiger partial charge is 0.423 e. The molecular weight excluding hydrogens is 396 g/mol. The summed E-state index contributed by atoms with van der Waals surface area (Å²) in [6, 6.07) is 7.59. The summed E-state index contributed by atoms with van der Waals surface area (Å²) in [7, 11) is 0. The lowest BCUT2D eigenvalue weighted by molar-refractivity contribution is -0.126. The Balaban J connectivity index is 1.23. The fourth-order valence-corrected chi connectivity index (χ4v) is 4.48. The minimum atomic E-state index is -0.161. The Hall–Kier alpha value is -2.94. The molecule has 1 atom stereocenters. The van der Waals surface area contributed by atoms with Crippen LogP contribution in [-0.4, -0.2) is 70.7 Å². The van der Waals surface area contributed by atoms with Crippen molar-refractivity contribution >= 4 is 17.6 Å². The standard InChI is InChI=1S/C22H30N6O3/c1-2-27-10-4-7-19(27)14-23-20(29)16-8-11-28(12-9-16)22(30)25-18-6-3-5-17(13-18)21-26-24-15-31-21/h3,5-6,13,15-16,19H,2,4,7-12,14H2,1H3,(H,23,29)(H,25,30). The zero-order valence-corrected chi connectivity index (χ0v) is 17.9. The van der Waals surface area contributed by atoms with Crippen LogP contribution in [0.5, 0.6) is 0 Å². The molecule has 0 aliphatic carbocycles. The van der Waals surface area contributed by atoms with E-state index in [2.05, 4.69) is 32.7 Å². The Morgan fingerprint density at radius 2 is 2.03 bits per heavy atom. The van der Waals surface area contributed by atoms with Gasteiger partial charge in [-0.2, -0.15) is 0 Å². The zero-order valence-electron chi connectivity index (χ0n) is 17.9. The second-order valence-electron chi connectivity index (χ2n) is 8.19. The van der Waals surface area contributed by atoms with Gasteiger partial charge >= 0.3 is 6.03 Å². The Morgan fingerprint density at radius 3 is 2.77 bits per heavy atom. The number of urea groups is 1. The number of nitrogens with zero attached hydrogens (tertiary/aromatic N) is 4. The maximum atomic E-state index is 12.7. The normalized spacial score (nSPS) is 20.0. The van der Waals surface area contributed by atoms with Crippen LogP contribution in [0.25, 0.3) is 11.5 Å². The average molecular weight is 427 g/mol. The number of amides is 3. The highest BCUT2D eigenvalue weighted by Crippen LogP contribution is 2.22. The minimum Gasteiger partial charge on any atom is -0.423 e. The number of hydrogen-bond acceptors (Lipinski definition) is 6. The van der Waals surface area contributed by atoms with Crippen molar-refractivity contribution in [2.45, 2.75) is 38.6 Å². The number of anilines is 1. The lowest BCUT2D eigenvalue weighted by Crippen LogP contribution is -2.46. The van der Waals surface area contributed by atoms with E-state index in [1.54, 1.807) is 11.0 Å². The molecule has 166 valence electrons. The molecule has 4 rings (SSSR count). The highest BCUT2D eigenvalue weighted by Gasteiger charge is 2.29. The fraction of sp³-hybridized carbons (Fsp3) is 0.545. The van der Waals surface area contributed by atoms with Gasteiger partial charge in [-0.05, 0) is 57.0 Å². The van der Waals surface area contributed by atoms with E-state index in [1.807, 2.05) is 18.2 Å². The number of carbonyl (C=O) groups excluding carboxylic acids is 2. The lowest BCUT2D eigenvalue weighted by atomic mass is 9.96. The number of rotatable bonds is 6. The summed E-state index contributed by atoms with van der Waals surface area (Å²) in [5.74, 6) is 0.499. The van der Waals surface area contributed by atoms with Crippen LogP contribution in [0.4, 0.5) is 10.5 Å². The summed E-state index contributed by atoms with van der Waals surface area (Å²) < 4.78 is 5.21. The van der Waals surface area contributed by atoms with Gasteiger partial charge in [-0.25, -0.2) is 4.79 Å². The van der Waals surface area contributed by atoms with Crippen LogP contribution >= 0.6 is 0 Å². The van der Waals surface area contributed by atoms with Gasteiger partial charge < -0.3 is 20.0 Å². The van der Waals surface area contributed by atoms with Crippen LogP contribution in [0.15, 0.2) is 35.1 Å². The predicted octanol–water partition coefficient (Wildman–Crippen LogP) is 2.58. The molecule has 0 bridgehead atoms. The number of benzene rings is 1. The van der Waals surface area contributed by atoms with Crippen molar-refractivity contribution in [2.75, 3.05) is 38.0 Å². The molecule has 0 spiro atoms. The topological polar surface area (TPSA) is 104 Å². The van der Waals surface area contributed by atoms with Gasteiger partial charge in [-0.3, -0.25) is 9.69 Å². The first kappa shape index (κ1) is 21.3. The Morgan fingerprint density at radius 1 is 1.19 bits per heavy atom. The minimum absolute atomic E-state index is 0.0265. The molecule has 31 heavy (non-hydrogen) atoms. The van der Waals surface area contributed by atoms with Crippen molar-refractivity contribution < 1.29 is 14.0 Å². The fourth-order valence-electron chi connectivity index (χ4n) is 4.48. The molecule has 2 saturated heterocycles. The first-order chi connectivity index (χ1) is 15.1. The molecule has 2 fully saturated rings. The zero-order chi connectivity index (χ0) is 21.6. The van der Waals surface area contributed by atoms with Crippen molar-refractivity contribution in [2.24, 2.45) is 5.92 Å². The van der Waals surface area contributed by atoms with E-state index in [-0.39, 0.29) is 17.9 Å². The number of carbonyl (C=O) groups is 2. The maximum Gasteiger partial charge on any atom is 0.321 e. The third-order valence-electron chi connectivity index (χ3n) is 6.29. The van der Waals surface area contributed by atoms with Gasteiger partial charge in [-0.1, -0.05) is 13.0 Å². The second-order valence-corrected chi connectivity index (χ2v) is 8.19. The predicted molar refractivity (Wildman–Crippen MR) is 116 cm³/mol. The summed E-state index contributed by atoms with van der Waals surface area (Å²) in [5.41, 5.74) is 1.41. The van der Waals surface area contributed by atoms with E-state index in [0.29, 0.717) is 43.6 Å². The van der Waals surface area contributed by atoms with Crippen molar-refractivity contribution in [3.05, 3.63) is 30.7 Å². The van der Waals surface area contributed by atoms with E-state index in [0.717, 1.165) is 31.6 Å². The van der Waals surface area contributed by atoms with Crippen LogP contribution in [0, 0.1) is 5.92 Å². The molecule has 2 N–H and O–H groups in total. The molecule has 1 aromatic carbocycles. The SMILES string of the molecule is CCN1CCCC1CNC(=O)C1CCN(C(=O)Nc2cccc(-c3nnco3)c2)CC1. The maximum absolute atomic E-state index is 12.7. The van der Waals surface area contributed by atoms with Crippen LogP contribution in [-0.2, 0) is 4.79 Å². The first-order valence-electron chi connectivity index (χ1n) is 11.1.